The topological polar surface area (TPSA) is 87.5 Å². The molecule has 0 saturated carbocycles. The van der Waals surface area contributed by atoms with Gasteiger partial charge in [0.15, 0.2) is 0 Å². The molecule has 1 aromatic heterocycles. The minimum atomic E-state index is -0.935. The molecule has 0 bridgehead atoms. The molecule has 0 radical (unpaired) electrons. The largest absolute Gasteiger partial charge is 0.481 e. The number of amides is 2. The van der Waals surface area contributed by atoms with E-state index in [0.29, 0.717) is 5.69 Å². The molecule has 25 heavy (non-hydrogen) atoms. The van der Waals surface area contributed by atoms with Gasteiger partial charge in [0, 0.05) is 13.6 Å². The second kappa shape index (κ2) is 7.83. The van der Waals surface area contributed by atoms with E-state index in [2.05, 4.69) is 10.4 Å². The lowest BCUT2D eigenvalue weighted by Crippen LogP contribution is -2.33. The average molecular weight is 344 g/mol. The van der Waals surface area contributed by atoms with E-state index in [1.54, 1.807) is 13.2 Å². The maximum atomic E-state index is 12.3. The molecule has 2 amide bonds. The lowest BCUT2D eigenvalue weighted by Gasteiger charge is -2.18. The summed E-state index contributed by atoms with van der Waals surface area (Å²) in [5.74, 6) is -0.793. The SMILES string of the molecule is Cc1ccc(-n2ncc(NC(=O)N(C)CCC(=O)O)c2C(C)C)cc1. The van der Waals surface area contributed by atoms with Gasteiger partial charge in [-0.05, 0) is 25.0 Å². The summed E-state index contributed by atoms with van der Waals surface area (Å²) >= 11 is 0. The van der Waals surface area contributed by atoms with Crippen molar-refractivity contribution in [3.8, 4) is 5.69 Å². The Morgan fingerprint density at radius 2 is 1.92 bits per heavy atom. The van der Waals surface area contributed by atoms with Crippen LogP contribution < -0.4 is 5.32 Å². The van der Waals surface area contributed by atoms with Gasteiger partial charge in [-0.3, -0.25) is 4.79 Å². The number of hydrogen-bond acceptors (Lipinski definition) is 3. The molecule has 0 unspecified atom stereocenters. The lowest BCUT2D eigenvalue weighted by molar-refractivity contribution is -0.137. The normalized spacial score (nSPS) is 10.8. The van der Waals surface area contributed by atoms with E-state index in [-0.39, 0.29) is 24.9 Å². The number of aryl methyl sites for hydroxylation is 1. The first-order valence-corrected chi connectivity index (χ1v) is 8.18. The van der Waals surface area contributed by atoms with Crippen LogP contribution in [0.5, 0.6) is 0 Å². The maximum absolute atomic E-state index is 12.3. The summed E-state index contributed by atoms with van der Waals surface area (Å²) in [7, 11) is 1.57. The number of carbonyl (C=O) groups is 2. The van der Waals surface area contributed by atoms with Gasteiger partial charge in [-0.25, -0.2) is 9.48 Å². The average Bonchev–Trinajstić information content (AvgIpc) is 2.96. The smallest absolute Gasteiger partial charge is 0.321 e. The highest BCUT2D eigenvalue weighted by Gasteiger charge is 2.19. The zero-order valence-electron chi connectivity index (χ0n) is 15.0. The standard InChI is InChI=1S/C18H24N4O3/c1-12(2)17-15(20-18(25)21(4)10-9-16(23)24)11-19-22(17)14-7-5-13(3)6-8-14/h5-8,11-12H,9-10H2,1-4H3,(H,20,25)(H,23,24). The molecule has 1 heterocycles. The Morgan fingerprint density at radius 3 is 2.48 bits per heavy atom. The number of aliphatic carboxylic acids is 1. The van der Waals surface area contributed by atoms with Gasteiger partial charge in [0.25, 0.3) is 0 Å². The molecule has 0 atom stereocenters. The van der Waals surface area contributed by atoms with E-state index >= 15 is 0 Å². The monoisotopic (exact) mass is 344 g/mol. The van der Waals surface area contributed by atoms with Crippen LogP contribution in [0.15, 0.2) is 30.5 Å². The second-order valence-corrected chi connectivity index (χ2v) is 6.34. The molecule has 2 N–H and O–H groups in total. The van der Waals surface area contributed by atoms with Crippen molar-refractivity contribution in [2.24, 2.45) is 0 Å². The molecule has 7 heteroatoms. The number of carboxylic acids is 1. The Hall–Kier alpha value is -2.83. The number of benzene rings is 1. The van der Waals surface area contributed by atoms with Crippen LogP contribution in [0.3, 0.4) is 0 Å². The van der Waals surface area contributed by atoms with Crippen molar-refractivity contribution >= 4 is 17.7 Å². The van der Waals surface area contributed by atoms with E-state index in [1.807, 2.05) is 49.7 Å². The highest BCUT2D eigenvalue weighted by atomic mass is 16.4. The third kappa shape index (κ3) is 4.59. The fourth-order valence-electron chi connectivity index (χ4n) is 2.48. The highest BCUT2D eigenvalue weighted by Crippen LogP contribution is 2.27. The van der Waals surface area contributed by atoms with E-state index in [9.17, 15) is 9.59 Å². The second-order valence-electron chi connectivity index (χ2n) is 6.34. The number of urea groups is 1. The van der Waals surface area contributed by atoms with Gasteiger partial charge in [-0.1, -0.05) is 31.5 Å². The van der Waals surface area contributed by atoms with Gasteiger partial charge < -0.3 is 15.3 Å². The number of carboxylic acid groups (broad SMARTS) is 1. The van der Waals surface area contributed by atoms with Crippen molar-refractivity contribution in [1.82, 2.24) is 14.7 Å². The lowest BCUT2D eigenvalue weighted by atomic mass is 10.1. The summed E-state index contributed by atoms with van der Waals surface area (Å²) in [4.78, 5) is 24.3. The molecule has 7 nitrogen and oxygen atoms in total. The number of nitrogens with one attached hydrogen (secondary N) is 1. The van der Waals surface area contributed by atoms with Crippen molar-refractivity contribution in [1.29, 1.82) is 0 Å². The van der Waals surface area contributed by atoms with Gasteiger partial charge >= 0.3 is 12.0 Å². The Kier molecular flexibility index (Phi) is 5.80. The Labute approximate surface area is 147 Å². The Balaban J connectivity index is 2.23. The minimum Gasteiger partial charge on any atom is -0.481 e. The van der Waals surface area contributed by atoms with Gasteiger partial charge in [0.05, 0.1) is 29.7 Å². The van der Waals surface area contributed by atoms with Crippen molar-refractivity contribution < 1.29 is 14.7 Å². The zero-order valence-corrected chi connectivity index (χ0v) is 15.0. The van der Waals surface area contributed by atoms with Crippen LogP contribution in [0.2, 0.25) is 0 Å². The van der Waals surface area contributed by atoms with Gasteiger partial charge in [-0.2, -0.15) is 5.10 Å². The van der Waals surface area contributed by atoms with E-state index in [1.165, 1.54) is 4.90 Å². The van der Waals surface area contributed by atoms with Crippen molar-refractivity contribution in [3.05, 3.63) is 41.7 Å². The summed E-state index contributed by atoms with van der Waals surface area (Å²) in [5, 5.41) is 16.0. The van der Waals surface area contributed by atoms with Crippen LogP contribution in [0.4, 0.5) is 10.5 Å². The molecule has 0 aliphatic rings. The maximum Gasteiger partial charge on any atom is 0.321 e. The van der Waals surface area contributed by atoms with Crippen molar-refractivity contribution in [2.75, 3.05) is 18.9 Å². The summed E-state index contributed by atoms with van der Waals surface area (Å²) in [6.45, 7) is 6.23. The predicted octanol–water partition coefficient (Wildman–Crippen LogP) is 3.24. The third-order valence-electron chi connectivity index (χ3n) is 3.88. The number of rotatable bonds is 6. The molecule has 2 aromatic rings. The summed E-state index contributed by atoms with van der Waals surface area (Å²) < 4.78 is 1.82. The first-order chi connectivity index (χ1) is 11.8. The number of hydrogen-bond donors (Lipinski definition) is 2. The highest BCUT2D eigenvalue weighted by molar-refractivity contribution is 5.90. The molecule has 1 aromatic carbocycles. The van der Waals surface area contributed by atoms with E-state index in [0.717, 1.165) is 16.9 Å². The van der Waals surface area contributed by atoms with Crippen LogP contribution in [0.1, 0.15) is 37.4 Å². The number of anilines is 1. The minimum absolute atomic E-state index is 0.0937. The van der Waals surface area contributed by atoms with Crippen molar-refractivity contribution in [3.63, 3.8) is 0 Å². The number of nitrogens with zero attached hydrogens (tertiary/aromatic N) is 3. The van der Waals surface area contributed by atoms with Crippen LogP contribution in [0.25, 0.3) is 5.69 Å². The van der Waals surface area contributed by atoms with Gasteiger partial charge in [-0.15, -0.1) is 0 Å². The first kappa shape index (κ1) is 18.5. The Bertz CT molecular complexity index is 750. The number of carbonyl (C=O) groups excluding carboxylic acids is 1. The molecule has 0 saturated heterocycles. The first-order valence-electron chi connectivity index (χ1n) is 8.18. The molecular weight excluding hydrogens is 320 g/mol. The predicted molar refractivity (Wildman–Crippen MR) is 96.3 cm³/mol. The number of aromatic nitrogens is 2. The van der Waals surface area contributed by atoms with Crippen LogP contribution >= 0.6 is 0 Å². The van der Waals surface area contributed by atoms with E-state index < -0.39 is 5.97 Å². The molecular formula is C18H24N4O3. The Morgan fingerprint density at radius 1 is 1.28 bits per heavy atom. The molecule has 134 valence electrons. The van der Waals surface area contributed by atoms with E-state index in [4.69, 9.17) is 5.11 Å². The quantitative estimate of drug-likeness (QED) is 0.842. The van der Waals surface area contributed by atoms with Crippen LogP contribution in [-0.2, 0) is 4.79 Å². The third-order valence-corrected chi connectivity index (χ3v) is 3.88. The summed E-state index contributed by atoms with van der Waals surface area (Å²) in [6.07, 6.45) is 1.53. The summed E-state index contributed by atoms with van der Waals surface area (Å²) in [6, 6.07) is 7.64. The zero-order chi connectivity index (χ0) is 18.6. The molecule has 0 aliphatic carbocycles. The summed E-state index contributed by atoms with van der Waals surface area (Å²) in [5.41, 5.74) is 3.61. The fraction of sp³-hybridized carbons (Fsp3) is 0.389. The van der Waals surface area contributed by atoms with Crippen LogP contribution in [0, 0.1) is 6.92 Å². The van der Waals surface area contributed by atoms with Gasteiger partial charge in [0.2, 0.25) is 0 Å². The van der Waals surface area contributed by atoms with Crippen LogP contribution in [-0.4, -0.2) is 45.4 Å². The van der Waals surface area contributed by atoms with Crippen molar-refractivity contribution in [2.45, 2.75) is 33.1 Å². The molecule has 2 rings (SSSR count). The fourth-order valence-corrected chi connectivity index (χ4v) is 2.48. The van der Waals surface area contributed by atoms with Gasteiger partial charge in [0.1, 0.15) is 0 Å². The molecule has 0 aliphatic heterocycles. The molecule has 0 fully saturated rings. The molecule has 0 spiro atoms.